The highest BCUT2D eigenvalue weighted by atomic mass is 35.5. The van der Waals surface area contributed by atoms with E-state index in [-0.39, 0.29) is 11.9 Å². The first-order valence-corrected chi connectivity index (χ1v) is 8.30. The van der Waals surface area contributed by atoms with Crippen LogP contribution in [0.3, 0.4) is 0 Å². The van der Waals surface area contributed by atoms with Crippen LogP contribution in [0.1, 0.15) is 29.0 Å². The molecular formula is C19H16Cl2N2O. The second-order valence-electron chi connectivity index (χ2n) is 5.64. The van der Waals surface area contributed by atoms with Crippen molar-refractivity contribution in [3.63, 3.8) is 0 Å². The van der Waals surface area contributed by atoms with E-state index in [4.69, 9.17) is 23.2 Å². The topological polar surface area (TPSA) is 33.2 Å². The Hall–Kier alpha value is -2.10. The maximum absolute atomic E-state index is 12.9. The van der Waals surface area contributed by atoms with Gasteiger partial charge in [-0.05, 0) is 36.1 Å². The molecule has 122 valence electrons. The molecular weight excluding hydrogens is 343 g/mol. The number of halogens is 2. The number of hydrogen-bond acceptors (Lipinski definition) is 2. The van der Waals surface area contributed by atoms with Crippen LogP contribution < -0.4 is 0 Å². The van der Waals surface area contributed by atoms with Crippen molar-refractivity contribution in [1.82, 2.24) is 9.88 Å². The molecule has 0 saturated carbocycles. The summed E-state index contributed by atoms with van der Waals surface area (Å²) >= 11 is 12.2. The first kappa shape index (κ1) is 16.7. The van der Waals surface area contributed by atoms with Crippen molar-refractivity contribution in [1.29, 1.82) is 0 Å². The maximum atomic E-state index is 12.9. The number of hydrogen-bond donors (Lipinski definition) is 0. The number of aromatic nitrogens is 1. The first-order chi connectivity index (χ1) is 11.5. The Morgan fingerprint density at radius 1 is 1.12 bits per heavy atom. The Morgan fingerprint density at radius 2 is 1.88 bits per heavy atom. The predicted octanol–water partition coefficient (Wildman–Crippen LogP) is 5.37. The number of carbonyl (C=O) groups is 1. The standard InChI is InChI=1S/C19H16Cl2N2O/c1-12(15-8-7-14(20)11-17(15)21)23(2)19(24)18-16-6-4-3-5-13(16)9-10-22-18/h3-12H,1-2H3. The smallest absolute Gasteiger partial charge is 0.273 e. The van der Waals surface area contributed by atoms with Crippen molar-refractivity contribution in [2.75, 3.05) is 7.05 Å². The van der Waals surface area contributed by atoms with Gasteiger partial charge in [0, 0.05) is 28.7 Å². The number of carbonyl (C=O) groups excluding carboxylic acids is 1. The first-order valence-electron chi connectivity index (χ1n) is 7.55. The summed E-state index contributed by atoms with van der Waals surface area (Å²) in [5.41, 5.74) is 1.28. The van der Waals surface area contributed by atoms with Crippen molar-refractivity contribution in [2.24, 2.45) is 0 Å². The van der Waals surface area contributed by atoms with Crippen LogP contribution in [0.15, 0.2) is 54.7 Å². The molecule has 0 aliphatic rings. The summed E-state index contributed by atoms with van der Waals surface area (Å²) in [6.07, 6.45) is 1.66. The minimum absolute atomic E-state index is 0.148. The summed E-state index contributed by atoms with van der Waals surface area (Å²) in [5.74, 6) is -0.148. The summed E-state index contributed by atoms with van der Waals surface area (Å²) in [6, 6.07) is 14.7. The number of fused-ring (bicyclic) bond motifs is 1. The van der Waals surface area contributed by atoms with Gasteiger partial charge in [0.25, 0.3) is 5.91 Å². The van der Waals surface area contributed by atoms with Crippen molar-refractivity contribution in [3.05, 3.63) is 76.0 Å². The number of pyridine rings is 1. The third-order valence-corrected chi connectivity index (χ3v) is 4.75. The minimum Gasteiger partial charge on any atom is -0.334 e. The zero-order valence-corrected chi connectivity index (χ0v) is 14.8. The average Bonchev–Trinajstić information content (AvgIpc) is 2.59. The quantitative estimate of drug-likeness (QED) is 0.629. The van der Waals surface area contributed by atoms with Gasteiger partial charge in [-0.25, -0.2) is 0 Å². The molecule has 1 aromatic heterocycles. The van der Waals surface area contributed by atoms with Gasteiger partial charge in [-0.1, -0.05) is 53.5 Å². The molecule has 1 heterocycles. The molecule has 0 fully saturated rings. The molecule has 3 aromatic rings. The third kappa shape index (κ3) is 3.10. The molecule has 0 aliphatic carbocycles. The summed E-state index contributed by atoms with van der Waals surface area (Å²) in [5, 5.41) is 2.94. The normalized spacial score (nSPS) is 12.2. The fraction of sp³-hybridized carbons (Fsp3) is 0.158. The van der Waals surface area contributed by atoms with Gasteiger partial charge in [-0.3, -0.25) is 9.78 Å². The van der Waals surface area contributed by atoms with E-state index >= 15 is 0 Å². The van der Waals surface area contributed by atoms with Crippen LogP contribution in [0, 0.1) is 0 Å². The Balaban J connectivity index is 1.96. The van der Waals surface area contributed by atoms with E-state index in [1.807, 2.05) is 43.3 Å². The second kappa shape index (κ2) is 6.80. The van der Waals surface area contributed by atoms with E-state index in [0.717, 1.165) is 16.3 Å². The molecule has 1 unspecified atom stereocenters. The maximum Gasteiger partial charge on any atom is 0.273 e. The van der Waals surface area contributed by atoms with E-state index in [2.05, 4.69) is 4.98 Å². The summed E-state index contributed by atoms with van der Waals surface area (Å²) in [6.45, 7) is 1.93. The molecule has 5 heteroatoms. The number of amides is 1. The van der Waals surface area contributed by atoms with Crippen LogP contribution in [0.25, 0.3) is 10.8 Å². The van der Waals surface area contributed by atoms with E-state index < -0.39 is 0 Å². The number of benzene rings is 2. The molecule has 24 heavy (non-hydrogen) atoms. The SMILES string of the molecule is CC(c1ccc(Cl)cc1Cl)N(C)C(=O)c1nccc2ccccc12. The molecule has 0 bridgehead atoms. The molecule has 0 aliphatic heterocycles. The zero-order valence-electron chi connectivity index (χ0n) is 13.3. The second-order valence-corrected chi connectivity index (χ2v) is 6.48. The minimum atomic E-state index is -0.206. The lowest BCUT2D eigenvalue weighted by molar-refractivity contribution is 0.0739. The van der Waals surface area contributed by atoms with E-state index in [1.165, 1.54) is 0 Å². The van der Waals surface area contributed by atoms with Gasteiger partial charge in [0.15, 0.2) is 0 Å². The van der Waals surface area contributed by atoms with Crippen molar-refractivity contribution in [3.8, 4) is 0 Å². The van der Waals surface area contributed by atoms with E-state index in [9.17, 15) is 4.79 Å². The lowest BCUT2D eigenvalue weighted by Gasteiger charge is -2.26. The summed E-state index contributed by atoms with van der Waals surface area (Å²) in [7, 11) is 1.75. The van der Waals surface area contributed by atoms with Gasteiger partial charge >= 0.3 is 0 Å². The fourth-order valence-corrected chi connectivity index (χ4v) is 3.25. The molecule has 1 atom stereocenters. The molecule has 0 N–H and O–H groups in total. The highest BCUT2D eigenvalue weighted by molar-refractivity contribution is 6.35. The van der Waals surface area contributed by atoms with Gasteiger partial charge in [-0.15, -0.1) is 0 Å². The van der Waals surface area contributed by atoms with Crippen LogP contribution in [-0.4, -0.2) is 22.8 Å². The summed E-state index contributed by atoms with van der Waals surface area (Å²) in [4.78, 5) is 18.9. The molecule has 0 spiro atoms. The van der Waals surface area contributed by atoms with Crippen LogP contribution >= 0.6 is 23.2 Å². The molecule has 0 radical (unpaired) electrons. The van der Waals surface area contributed by atoms with Crippen LogP contribution in [0.4, 0.5) is 0 Å². The summed E-state index contributed by atoms with van der Waals surface area (Å²) < 4.78 is 0. The molecule has 1 amide bonds. The van der Waals surface area contributed by atoms with Gasteiger partial charge in [0.2, 0.25) is 0 Å². The van der Waals surface area contributed by atoms with E-state index in [0.29, 0.717) is 15.7 Å². The van der Waals surface area contributed by atoms with Crippen molar-refractivity contribution in [2.45, 2.75) is 13.0 Å². The third-order valence-electron chi connectivity index (χ3n) is 4.19. The number of rotatable bonds is 3. The fourth-order valence-electron chi connectivity index (χ4n) is 2.68. The van der Waals surface area contributed by atoms with Gasteiger partial charge in [0.1, 0.15) is 5.69 Å². The molecule has 3 nitrogen and oxygen atoms in total. The number of nitrogens with zero attached hydrogens (tertiary/aromatic N) is 2. The molecule has 3 rings (SSSR count). The zero-order chi connectivity index (χ0) is 17.3. The van der Waals surface area contributed by atoms with Crippen molar-refractivity contribution >= 4 is 39.9 Å². The van der Waals surface area contributed by atoms with Crippen LogP contribution in [0.2, 0.25) is 10.0 Å². The largest absolute Gasteiger partial charge is 0.334 e. The van der Waals surface area contributed by atoms with Gasteiger partial charge in [-0.2, -0.15) is 0 Å². The predicted molar refractivity (Wildman–Crippen MR) is 98.7 cm³/mol. The van der Waals surface area contributed by atoms with Crippen LogP contribution in [-0.2, 0) is 0 Å². The Morgan fingerprint density at radius 3 is 2.62 bits per heavy atom. The Kier molecular flexibility index (Phi) is 4.74. The molecule has 2 aromatic carbocycles. The molecule has 0 saturated heterocycles. The van der Waals surface area contributed by atoms with Gasteiger partial charge in [0.05, 0.1) is 6.04 Å². The monoisotopic (exact) mass is 358 g/mol. The lowest BCUT2D eigenvalue weighted by atomic mass is 10.1. The lowest BCUT2D eigenvalue weighted by Crippen LogP contribution is -2.30. The van der Waals surface area contributed by atoms with Gasteiger partial charge < -0.3 is 4.90 Å². The van der Waals surface area contributed by atoms with Crippen LogP contribution in [0.5, 0.6) is 0 Å². The highest BCUT2D eigenvalue weighted by Gasteiger charge is 2.23. The Bertz CT molecular complexity index is 906. The highest BCUT2D eigenvalue weighted by Crippen LogP contribution is 2.30. The Labute approximate surface area is 150 Å². The average molecular weight is 359 g/mol. The van der Waals surface area contributed by atoms with E-state index in [1.54, 1.807) is 30.3 Å². The van der Waals surface area contributed by atoms with Crippen molar-refractivity contribution < 1.29 is 4.79 Å².